The summed E-state index contributed by atoms with van der Waals surface area (Å²) in [5.41, 5.74) is 0. The van der Waals surface area contributed by atoms with Crippen molar-refractivity contribution in [2.75, 3.05) is 20.6 Å². The predicted octanol–water partition coefficient (Wildman–Crippen LogP) is 1.36. The lowest BCUT2D eigenvalue weighted by atomic mass is 10.4. The maximum Gasteiger partial charge on any atom is 0.241 e. The zero-order valence-corrected chi connectivity index (χ0v) is 12.1. The van der Waals surface area contributed by atoms with Crippen LogP contribution in [0.5, 0.6) is 0 Å². The fraction of sp³-hybridized carbons (Fsp3) is 0.300. The number of nitrogens with zero attached hydrogens (tertiary/aromatic N) is 1. The number of hydrogen-bond acceptors (Lipinski definition) is 3. The van der Waals surface area contributed by atoms with E-state index in [0.29, 0.717) is 0 Å². The Kier molecular flexibility index (Phi) is 4.98. The number of halogens is 2. The zero-order chi connectivity index (χ0) is 13.9. The molecule has 0 saturated heterocycles. The molecule has 0 saturated carbocycles. The summed E-state index contributed by atoms with van der Waals surface area (Å²) in [5, 5.41) is 0.420. The van der Waals surface area contributed by atoms with Gasteiger partial charge in [-0.3, -0.25) is 4.79 Å². The molecule has 0 unspecified atom stereocenters. The summed E-state index contributed by atoms with van der Waals surface area (Å²) in [6.45, 7) is -0.320. The Morgan fingerprint density at radius 3 is 2.17 bits per heavy atom. The van der Waals surface area contributed by atoms with Crippen LogP contribution < -0.4 is 4.72 Å². The molecule has 0 aliphatic rings. The highest BCUT2D eigenvalue weighted by molar-refractivity contribution is 7.89. The van der Waals surface area contributed by atoms with Gasteiger partial charge in [0, 0.05) is 24.1 Å². The summed E-state index contributed by atoms with van der Waals surface area (Å²) in [5.74, 6) is -0.355. The summed E-state index contributed by atoms with van der Waals surface area (Å²) in [7, 11) is -0.731. The van der Waals surface area contributed by atoms with Gasteiger partial charge in [0.05, 0.1) is 11.4 Å². The summed E-state index contributed by atoms with van der Waals surface area (Å²) < 4.78 is 25.9. The van der Waals surface area contributed by atoms with Crippen molar-refractivity contribution in [1.29, 1.82) is 0 Å². The lowest BCUT2D eigenvalue weighted by Crippen LogP contribution is -2.36. The van der Waals surface area contributed by atoms with Crippen molar-refractivity contribution in [3.63, 3.8) is 0 Å². The average molecular weight is 311 g/mol. The summed E-state index contributed by atoms with van der Waals surface area (Å²) in [6, 6.07) is 3.94. The number of nitrogens with one attached hydrogen (secondary N) is 1. The van der Waals surface area contributed by atoms with Gasteiger partial charge in [0.25, 0.3) is 0 Å². The van der Waals surface area contributed by atoms with E-state index in [0.717, 1.165) is 0 Å². The van der Waals surface area contributed by atoms with E-state index >= 15 is 0 Å². The van der Waals surface area contributed by atoms with Crippen LogP contribution in [0.2, 0.25) is 10.0 Å². The SMILES string of the molecule is CN(C)C(=O)CNS(=O)(=O)c1cc(Cl)cc(Cl)c1. The van der Waals surface area contributed by atoms with Crippen LogP contribution in [0.3, 0.4) is 0 Å². The highest BCUT2D eigenvalue weighted by Crippen LogP contribution is 2.21. The Hall–Kier alpha value is -0.820. The molecule has 0 fully saturated rings. The summed E-state index contributed by atoms with van der Waals surface area (Å²) in [4.78, 5) is 12.5. The third-order valence-electron chi connectivity index (χ3n) is 2.06. The standard InChI is InChI=1S/C10H12Cl2N2O3S/c1-14(2)10(15)6-13-18(16,17)9-4-7(11)3-8(12)5-9/h3-5,13H,6H2,1-2H3. The number of carbonyl (C=O) groups excluding carboxylic acids is 1. The van der Waals surface area contributed by atoms with Crippen molar-refractivity contribution < 1.29 is 13.2 Å². The number of rotatable bonds is 4. The molecule has 0 aliphatic carbocycles. The maximum atomic E-state index is 11.9. The van der Waals surface area contributed by atoms with E-state index in [9.17, 15) is 13.2 Å². The molecule has 0 heterocycles. The van der Waals surface area contributed by atoms with E-state index in [1.54, 1.807) is 0 Å². The Bertz CT molecular complexity index is 538. The van der Waals surface area contributed by atoms with Crippen LogP contribution in [0.4, 0.5) is 0 Å². The molecule has 0 bridgehead atoms. The summed E-state index contributed by atoms with van der Waals surface area (Å²) in [6.07, 6.45) is 0. The van der Waals surface area contributed by atoms with Gasteiger partial charge >= 0.3 is 0 Å². The molecule has 0 aliphatic heterocycles. The molecule has 5 nitrogen and oxygen atoms in total. The number of carbonyl (C=O) groups is 1. The van der Waals surface area contributed by atoms with E-state index in [1.165, 1.54) is 37.2 Å². The Balaban J connectivity index is 2.90. The van der Waals surface area contributed by atoms with Crippen molar-refractivity contribution in [1.82, 2.24) is 9.62 Å². The Morgan fingerprint density at radius 1 is 1.22 bits per heavy atom. The minimum Gasteiger partial charge on any atom is -0.348 e. The van der Waals surface area contributed by atoms with Crippen molar-refractivity contribution in [3.8, 4) is 0 Å². The summed E-state index contributed by atoms with van der Waals surface area (Å²) >= 11 is 11.4. The van der Waals surface area contributed by atoms with Crippen LogP contribution in [0.1, 0.15) is 0 Å². The monoisotopic (exact) mass is 310 g/mol. The topological polar surface area (TPSA) is 66.5 Å². The van der Waals surface area contributed by atoms with Gasteiger partial charge in [0.15, 0.2) is 0 Å². The van der Waals surface area contributed by atoms with Crippen LogP contribution in [0, 0.1) is 0 Å². The van der Waals surface area contributed by atoms with Crippen LogP contribution in [-0.2, 0) is 14.8 Å². The van der Waals surface area contributed by atoms with Gasteiger partial charge in [-0.25, -0.2) is 13.1 Å². The smallest absolute Gasteiger partial charge is 0.241 e. The van der Waals surface area contributed by atoms with E-state index in [4.69, 9.17) is 23.2 Å². The number of amides is 1. The molecule has 8 heteroatoms. The van der Waals surface area contributed by atoms with E-state index in [2.05, 4.69) is 4.72 Å². The quantitative estimate of drug-likeness (QED) is 0.913. The molecule has 0 spiro atoms. The zero-order valence-electron chi connectivity index (χ0n) is 9.78. The molecule has 1 N–H and O–H groups in total. The van der Waals surface area contributed by atoms with Gasteiger partial charge in [0.2, 0.25) is 15.9 Å². The van der Waals surface area contributed by atoms with Crippen molar-refractivity contribution in [2.24, 2.45) is 0 Å². The van der Waals surface area contributed by atoms with Crippen LogP contribution >= 0.6 is 23.2 Å². The maximum absolute atomic E-state index is 11.9. The molecule has 100 valence electrons. The first-order valence-corrected chi connectivity index (χ1v) is 7.12. The second-order valence-corrected chi connectivity index (χ2v) is 6.36. The van der Waals surface area contributed by atoms with E-state index in [-0.39, 0.29) is 27.4 Å². The fourth-order valence-electron chi connectivity index (χ4n) is 1.08. The lowest BCUT2D eigenvalue weighted by Gasteiger charge is -2.11. The normalized spacial score (nSPS) is 11.3. The molecular weight excluding hydrogens is 299 g/mol. The van der Waals surface area contributed by atoms with Crippen molar-refractivity contribution >= 4 is 39.1 Å². The van der Waals surface area contributed by atoms with Crippen LogP contribution in [0.15, 0.2) is 23.1 Å². The molecule has 0 aromatic heterocycles. The number of sulfonamides is 1. The second-order valence-electron chi connectivity index (χ2n) is 3.72. The first-order chi connectivity index (χ1) is 8.22. The first-order valence-electron chi connectivity index (χ1n) is 4.88. The molecule has 1 amide bonds. The fourth-order valence-corrected chi connectivity index (χ4v) is 2.78. The average Bonchev–Trinajstić information content (AvgIpc) is 2.24. The number of hydrogen-bond donors (Lipinski definition) is 1. The Morgan fingerprint density at radius 2 is 1.72 bits per heavy atom. The largest absolute Gasteiger partial charge is 0.348 e. The first kappa shape index (κ1) is 15.2. The van der Waals surface area contributed by atoms with Crippen LogP contribution in [-0.4, -0.2) is 39.9 Å². The molecule has 1 aromatic carbocycles. The van der Waals surface area contributed by atoms with Crippen molar-refractivity contribution in [2.45, 2.75) is 4.90 Å². The highest BCUT2D eigenvalue weighted by atomic mass is 35.5. The van der Waals surface area contributed by atoms with E-state index in [1.807, 2.05) is 0 Å². The third-order valence-corrected chi connectivity index (χ3v) is 3.88. The van der Waals surface area contributed by atoms with Gasteiger partial charge in [-0.2, -0.15) is 0 Å². The molecule has 0 atom stereocenters. The third kappa shape index (κ3) is 4.13. The number of likely N-dealkylation sites (N-methyl/N-ethyl adjacent to an activating group) is 1. The minimum absolute atomic E-state index is 0.0773. The van der Waals surface area contributed by atoms with Gasteiger partial charge < -0.3 is 4.90 Å². The molecular formula is C10H12Cl2N2O3S. The van der Waals surface area contributed by atoms with Gasteiger partial charge in [-0.15, -0.1) is 0 Å². The number of benzene rings is 1. The predicted molar refractivity (Wildman–Crippen MR) is 70.3 cm³/mol. The lowest BCUT2D eigenvalue weighted by molar-refractivity contribution is -0.127. The second kappa shape index (κ2) is 5.88. The van der Waals surface area contributed by atoms with Gasteiger partial charge in [-0.05, 0) is 18.2 Å². The molecule has 18 heavy (non-hydrogen) atoms. The highest BCUT2D eigenvalue weighted by Gasteiger charge is 2.17. The Labute approximate surface area is 116 Å². The van der Waals surface area contributed by atoms with Crippen molar-refractivity contribution in [3.05, 3.63) is 28.2 Å². The van der Waals surface area contributed by atoms with E-state index < -0.39 is 10.0 Å². The molecule has 1 rings (SSSR count). The minimum atomic E-state index is -3.80. The van der Waals surface area contributed by atoms with Gasteiger partial charge in [0.1, 0.15) is 0 Å². The molecule has 0 radical (unpaired) electrons. The van der Waals surface area contributed by atoms with Gasteiger partial charge in [-0.1, -0.05) is 23.2 Å². The molecule has 1 aromatic rings. The van der Waals surface area contributed by atoms with Crippen LogP contribution in [0.25, 0.3) is 0 Å².